The van der Waals surface area contributed by atoms with Crippen LogP contribution >= 0.6 is 23.2 Å². The number of rotatable bonds is 1. The van der Waals surface area contributed by atoms with E-state index >= 15 is 0 Å². The van der Waals surface area contributed by atoms with Crippen molar-refractivity contribution in [3.05, 3.63) is 28.0 Å². The predicted octanol–water partition coefficient (Wildman–Crippen LogP) is 3.15. The van der Waals surface area contributed by atoms with Gasteiger partial charge in [0.15, 0.2) is 0 Å². The molecule has 4 nitrogen and oxygen atoms in total. The van der Waals surface area contributed by atoms with Crippen LogP contribution in [0.4, 0.5) is 0 Å². The number of carbonyl (C=O) groups is 1. The van der Waals surface area contributed by atoms with E-state index < -0.39 is 0 Å². The van der Waals surface area contributed by atoms with Crippen LogP contribution in [0, 0.1) is 16.7 Å². The van der Waals surface area contributed by atoms with Crippen LogP contribution in [0.15, 0.2) is 12.3 Å². The Balaban J connectivity index is 2.14. The van der Waals surface area contributed by atoms with Crippen molar-refractivity contribution in [2.75, 3.05) is 13.1 Å². The van der Waals surface area contributed by atoms with Gasteiger partial charge < -0.3 is 4.90 Å². The highest BCUT2D eigenvalue weighted by Gasteiger charge is 2.32. The third kappa shape index (κ3) is 2.99. The normalized spacial score (nSPS) is 17.9. The summed E-state index contributed by atoms with van der Waals surface area (Å²) in [6.45, 7) is 3.03. The Kier molecular flexibility index (Phi) is 3.98. The summed E-state index contributed by atoms with van der Waals surface area (Å²) in [7, 11) is 0. The van der Waals surface area contributed by atoms with Gasteiger partial charge in [-0.05, 0) is 25.8 Å². The quantitative estimate of drug-likeness (QED) is 0.748. The first-order valence-electron chi connectivity index (χ1n) is 5.97. The SMILES string of the molecule is CC1(C#N)CCN(C(=O)c2cc(Cl)ncc2Cl)CC1. The van der Waals surface area contributed by atoms with Crippen molar-refractivity contribution in [3.8, 4) is 6.07 Å². The van der Waals surface area contributed by atoms with Crippen LogP contribution in [0.5, 0.6) is 0 Å². The average molecular weight is 298 g/mol. The summed E-state index contributed by atoms with van der Waals surface area (Å²) in [6.07, 6.45) is 2.72. The fraction of sp³-hybridized carbons (Fsp3) is 0.462. The molecule has 0 N–H and O–H groups in total. The van der Waals surface area contributed by atoms with Crippen LogP contribution in [-0.4, -0.2) is 28.9 Å². The van der Waals surface area contributed by atoms with Gasteiger partial charge in [-0.3, -0.25) is 4.79 Å². The van der Waals surface area contributed by atoms with Crippen molar-refractivity contribution in [3.63, 3.8) is 0 Å². The highest BCUT2D eigenvalue weighted by atomic mass is 35.5. The number of nitriles is 1. The fourth-order valence-corrected chi connectivity index (χ4v) is 2.40. The summed E-state index contributed by atoms with van der Waals surface area (Å²) in [6, 6.07) is 3.78. The predicted molar refractivity (Wildman–Crippen MR) is 73.1 cm³/mol. The molecule has 6 heteroatoms. The van der Waals surface area contributed by atoms with Gasteiger partial charge in [0.05, 0.1) is 22.1 Å². The van der Waals surface area contributed by atoms with E-state index in [0.29, 0.717) is 36.5 Å². The number of piperidine rings is 1. The lowest BCUT2D eigenvalue weighted by atomic mass is 9.82. The van der Waals surface area contributed by atoms with Gasteiger partial charge in [0.2, 0.25) is 0 Å². The first-order valence-corrected chi connectivity index (χ1v) is 6.72. The Morgan fingerprint density at radius 2 is 2.11 bits per heavy atom. The van der Waals surface area contributed by atoms with Gasteiger partial charge in [-0.2, -0.15) is 5.26 Å². The van der Waals surface area contributed by atoms with Gasteiger partial charge in [0, 0.05) is 19.3 Å². The molecule has 2 rings (SSSR count). The number of carbonyl (C=O) groups excluding carboxylic acids is 1. The molecule has 0 aromatic carbocycles. The minimum absolute atomic E-state index is 0.158. The molecule has 0 atom stereocenters. The maximum absolute atomic E-state index is 12.3. The molecule has 1 aromatic rings. The molecule has 0 radical (unpaired) electrons. The van der Waals surface area contributed by atoms with E-state index in [1.165, 1.54) is 12.3 Å². The second-order valence-corrected chi connectivity index (χ2v) is 5.75. The van der Waals surface area contributed by atoms with Gasteiger partial charge in [0.25, 0.3) is 5.91 Å². The van der Waals surface area contributed by atoms with Crippen molar-refractivity contribution < 1.29 is 4.79 Å². The topological polar surface area (TPSA) is 57.0 Å². The molecule has 1 aliphatic rings. The molecule has 0 saturated carbocycles. The standard InChI is InChI=1S/C13H13Cl2N3O/c1-13(8-16)2-4-18(5-3-13)12(19)9-6-11(15)17-7-10(9)14/h6-7H,2-5H2,1H3. The molecule has 1 saturated heterocycles. The molecule has 0 aliphatic carbocycles. The number of nitrogens with zero attached hydrogens (tertiary/aromatic N) is 3. The zero-order valence-electron chi connectivity index (χ0n) is 10.5. The molecular weight excluding hydrogens is 285 g/mol. The number of aromatic nitrogens is 1. The number of halogens is 2. The Labute approximate surface area is 121 Å². The zero-order valence-corrected chi connectivity index (χ0v) is 12.0. The minimum atomic E-state index is -0.337. The smallest absolute Gasteiger partial charge is 0.255 e. The third-order valence-electron chi connectivity index (χ3n) is 3.48. The van der Waals surface area contributed by atoms with E-state index in [2.05, 4.69) is 11.1 Å². The van der Waals surface area contributed by atoms with Crippen LogP contribution < -0.4 is 0 Å². The van der Waals surface area contributed by atoms with Gasteiger partial charge in [-0.25, -0.2) is 4.98 Å². The Hall–Kier alpha value is -1.31. The van der Waals surface area contributed by atoms with Gasteiger partial charge in [0.1, 0.15) is 5.15 Å². The maximum atomic E-state index is 12.3. The first kappa shape index (κ1) is 14.1. The van der Waals surface area contributed by atoms with Crippen LogP contribution in [0.25, 0.3) is 0 Å². The molecule has 100 valence electrons. The van der Waals surface area contributed by atoms with Crippen molar-refractivity contribution >= 4 is 29.1 Å². The van der Waals surface area contributed by atoms with E-state index in [0.717, 1.165) is 0 Å². The number of hydrogen-bond acceptors (Lipinski definition) is 3. The number of likely N-dealkylation sites (tertiary alicyclic amines) is 1. The molecule has 1 fully saturated rings. The lowest BCUT2D eigenvalue weighted by molar-refractivity contribution is 0.0662. The molecule has 1 aromatic heterocycles. The Morgan fingerprint density at radius 3 is 2.68 bits per heavy atom. The largest absolute Gasteiger partial charge is 0.338 e. The van der Waals surface area contributed by atoms with Crippen LogP contribution in [0.2, 0.25) is 10.2 Å². The summed E-state index contributed by atoms with van der Waals surface area (Å²) >= 11 is 11.8. The molecule has 0 bridgehead atoms. The van der Waals surface area contributed by atoms with E-state index in [-0.39, 0.29) is 16.5 Å². The molecule has 1 amide bonds. The van der Waals surface area contributed by atoms with E-state index in [9.17, 15) is 4.79 Å². The highest BCUT2D eigenvalue weighted by molar-refractivity contribution is 6.35. The van der Waals surface area contributed by atoms with Crippen molar-refractivity contribution in [2.24, 2.45) is 5.41 Å². The third-order valence-corrected chi connectivity index (χ3v) is 3.98. The van der Waals surface area contributed by atoms with Crippen molar-refractivity contribution in [2.45, 2.75) is 19.8 Å². The van der Waals surface area contributed by atoms with Crippen LogP contribution in [0.3, 0.4) is 0 Å². The van der Waals surface area contributed by atoms with Crippen LogP contribution in [-0.2, 0) is 0 Å². The number of hydrogen-bond donors (Lipinski definition) is 0. The maximum Gasteiger partial charge on any atom is 0.255 e. The first-order chi connectivity index (χ1) is 8.95. The van der Waals surface area contributed by atoms with E-state index in [1.807, 2.05) is 6.92 Å². The van der Waals surface area contributed by atoms with Crippen LogP contribution in [0.1, 0.15) is 30.1 Å². The average Bonchev–Trinajstić information content (AvgIpc) is 2.42. The Bertz CT molecular complexity index is 545. The molecule has 0 spiro atoms. The van der Waals surface area contributed by atoms with E-state index in [4.69, 9.17) is 28.5 Å². The fourth-order valence-electron chi connectivity index (χ4n) is 2.06. The van der Waals surface area contributed by atoms with E-state index in [1.54, 1.807) is 4.90 Å². The minimum Gasteiger partial charge on any atom is -0.338 e. The molecular formula is C13H13Cl2N3O. The molecule has 19 heavy (non-hydrogen) atoms. The Morgan fingerprint density at radius 1 is 1.47 bits per heavy atom. The summed E-state index contributed by atoms with van der Waals surface area (Å²) in [5, 5.41) is 9.61. The van der Waals surface area contributed by atoms with Gasteiger partial charge >= 0.3 is 0 Å². The summed E-state index contributed by atoms with van der Waals surface area (Å²) < 4.78 is 0. The number of pyridine rings is 1. The summed E-state index contributed by atoms with van der Waals surface area (Å²) in [4.78, 5) is 17.9. The zero-order chi connectivity index (χ0) is 14.0. The molecule has 2 heterocycles. The molecule has 0 unspecified atom stereocenters. The van der Waals surface area contributed by atoms with Gasteiger partial charge in [-0.1, -0.05) is 23.2 Å². The highest BCUT2D eigenvalue weighted by Crippen LogP contribution is 2.31. The lowest BCUT2D eigenvalue weighted by Gasteiger charge is -2.35. The van der Waals surface area contributed by atoms with Gasteiger partial charge in [-0.15, -0.1) is 0 Å². The monoisotopic (exact) mass is 297 g/mol. The number of amides is 1. The van der Waals surface area contributed by atoms with Crippen molar-refractivity contribution in [1.82, 2.24) is 9.88 Å². The molecule has 1 aliphatic heterocycles. The lowest BCUT2D eigenvalue weighted by Crippen LogP contribution is -2.41. The second-order valence-electron chi connectivity index (χ2n) is 4.95. The summed E-state index contributed by atoms with van der Waals surface area (Å²) in [5.41, 5.74) is 0.0263. The second kappa shape index (κ2) is 5.36. The summed E-state index contributed by atoms with van der Waals surface area (Å²) in [5.74, 6) is -0.158. The van der Waals surface area contributed by atoms with Crippen molar-refractivity contribution in [1.29, 1.82) is 5.26 Å².